The second-order valence-electron chi connectivity index (χ2n) is 4.35. The number of carbonyl (C=O) groups is 1. The first-order valence-electron chi connectivity index (χ1n) is 6.28. The first-order valence-corrected chi connectivity index (χ1v) is 7.16. The standard InChI is InChI=1S/C15H17NO2S/c1-3-11-8-9-19-14(11)15(18)16-13-7-5-4-6-12(13)10(2)17/h4-10,17H,3H2,1-2H3,(H,16,18). The van der Waals surface area contributed by atoms with Crippen LogP contribution in [-0.4, -0.2) is 11.0 Å². The molecule has 100 valence electrons. The molecule has 1 atom stereocenters. The lowest BCUT2D eigenvalue weighted by atomic mass is 10.1. The molecule has 0 aliphatic heterocycles. The van der Waals surface area contributed by atoms with Gasteiger partial charge in [0, 0.05) is 11.3 Å². The topological polar surface area (TPSA) is 49.3 Å². The minimum Gasteiger partial charge on any atom is -0.389 e. The van der Waals surface area contributed by atoms with Crippen LogP contribution in [0.3, 0.4) is 0 Å². The van der Waals surface area contributed by atoms with Crippen LogP contribution in [0.4, 0.5) is 5.69 Å². The maximum absolute atomic E-state index is 12.2. The highest BCUT2D eigenvalue weighted by atomic mass is 32.1. The number of hydrogen-bond donors (Lipinski definition) is 2. The second-order valence-corrected chi connectivity index (χ2v) is 5.26. The number of carbonyl (C=O) groups excluding carboxylic acids is 1. The van der Waals surface area contributed by atoms with Crippen LogP contribution in [0, 0.1) is 0 Å². The van der Waals surface area contributed by atoms with Crippen LogP contribution in [0.15, 0.2) is 35.7 Å². The van der Waals surface area contributed by atoms with Crippen molar-refractivity contribution in [3.8, 4) is 0 Å². The van der Waals surface area contributed by atoms with Crippen molar-refractivity contribution in [2.75, 3.05) is 5.32 Å². The Labute approximate surface area is 116 Å². The highest BCUT2D eigenvalue weighted by Gasteiger charge is 2.15. The summed E-state index contributed by atoms with van der Waals surface area (Å²) in [5.41, 5.74) is 2.44. The summed E-state index contributed by atoms with van der Waals surface area (Å²) in [6.45, 7) is 3.72. The predicted octanol–water partition coefficient (Wildman–Crippen LogP) is 3.62. The maximum Gasteiger partial charge on any atom is 0.266 e. The maximum atomic E-state index is 12.2. The van der Waals surface area contributed by atoms with Crippen molar-refractivity contribution in [2.24, 2.45) is 0 Å². The Balaban J connectivity index is 2.24. The molecular weight excluding hydrogens is 258 g/mol. The first kappa shape index (κ1) is 13.8. The van der Waals surface area contributed by atoms with Gasteiger partial charge in [0.1, 0.15) is 0 Å². The minimum absolute atomic E-state index is 0.111. The average molecular weight is 275 g/mol. The van der Waals surface area contributed by atoms with E-state index in [1.54, 1.807) is 13.0 Å². The van der Waals surface area contributed by atoms with Crippen LogP contribution in [-0.2, 0) is 6.42 Å². The number of nitrogens with one attached hydrogen (secondary N) is 1. The molecule has 3 nitrogen and oxygen atoms in total. The lowest BCUT2D eigenvalue weighted by molar-refractivity contribution is 0.102. The van der Waals surface area contributed by atoms with Gasteiger partial charge in [-0.1, -0.05) is 25.1 Å². The molecule has 1 unspecified atom stereocenters. The van der Waals surface area contributed by atoms with E-state index in [-0.39, 0.29) is 5.91 Å². The molecule has 0 saturated carbocycles. The summed E-state index contributed by atoms with van der Waals surface area (Å²) < 4.78 is 0. The molecule has 1 aromatic heterocycles. The lowest BCUT2D eigenvalue weighted by Crippen LogP contribution is -2.14. The molecule has 0 saturated heterocycles. The average Bonchev–Trinajstić information content (AvgIpc) is 2.87. The highest BCUT2D eigenvalue weighted by Crippen LogP contribution is 2.24. The number of benzene rings is 1. The number of aliphatic hydroxyl groups is 1. The van der Waals surface area contributed by atoms with Gasteiger partial charge in [-0.15, -0.1) is 11.3 Å². The van der Waals surface area contributed by atoms with Crippen molar-refractivity contribution < 1.29 is 9.90 Å². The van der Waals surface area contributed by atoms with E-state index in [1.165, 1.54) is 11.3 Å². The molecule has 0 spiro atoms. The van der Waals surface area contributed by atoms with E-state index in [1.807, 2.05) is 36.6 Å². The number of aryl methyl sites for hydroxylation is 1. The fourth-order valence-electron chi connectivity index (χ4n) is 1.97. The highest BCUT2D eigenvalue weighted by molar-refractivity contribution is 7.12. The summed E-state index contributed by atoms with van der Waals surface area (Å²) in [6, 6.07) is 9.28. The number of amides is 1. The van der Waals surface area contributed by atoms with E-state index >= 15 is 0 Å². The van der Waals surface area contributed by atoms with Crippen LogP contribution >= 0.6 is 11.3 Å². The second kappa shape index (κ2) is 5.99. The van der Waals surface area contributed by atoms with Crippen molar-refractivity contribution in [2.45, 2.75) is 26.4 Å². The summed E-state index contributed by atoms with van der Waals surface area (Å²) in [6.07, 6.45) is 0.232. The number of anilines is 1. The third-order valence-electron chi connectivity index (χ3n) is 2.99. The van der Waals surface area contributed by atoms with Crippen molar-refractivity contribution in [1.29, 1.82) is 0 Å². The Morgan fingerprint density at radius 3 is 2.79 bits per heavy atom. The summed E-state index contributed by atoms with van der Waals surface area (Å²) in [7, 11) is 0. The largest absolute Gasteiger partial charge is 0.389 e. The molecule has 1 amide bonds. The molecule has 0 aliphatic rings. The normalized spacial score (nSPS) is 12.2. The van der Waals surface area contributed by atoms with Gasteiger partial charge in [-0.25, -0.2) is 0 Å². The van der Waals surface area contributed by atoms with Crippen molar-refractivity contribution in [3.05, 3.63) is 51.7 Å². The van der Waals surface area contributed by atoms with Gasteiger partial charge in [0.05, 0.1) is 11.0 Å². The van der Waals surface area contributed by atoms with Crippen molar-refractivity contribution in [1.82, 2.24) is 0 Å². The molecule has 19 heavy (non-hydrogen) atoms. The van der Waals surface area contributed by atoms with Crippen LogP contribution in [0.5, 0.6) is 0 Å². The molecule has 0 bridgehead atoms. The van der Waals surface area contributed by atoms with E-state index in [9.17, 15) is 9.90 Å². The zero-order valence-electron chi connectivity index (χ0n) is 11.0. The van der Waals surface area contributed by atoms with E-state index in [0.29, 0.717) is 5.69 Å². The van der Waals surface area contributed by atoms with E-state index in [4.69, 9.17) is 0 Å². The van der Waals surface area contributed by atoms with Crippen LogP contribution in [0.2, 0.25) is 0 Å². The molecule has 0 radical (unpaired) electrons. The fraction of sp³-hybridized carbons (Fsp3) is 0.267. The van der Waals surface area contributed by atoms with Gasteiger partial charge in [-0.05, 0) is 36.4 Å². The van der Waals surface area contributed by atoms with E-state index < -0.39 is 6.10 Å². The molecular formula is C15H17NO2S. The fourth-order valence-corrected chi connectivity index (χ4v) is 2.86. The number of hydrogen-bond acceptors (Lipinski definition) is 3. The van der Waals surface area contributed by atoms with Crippen LogP contribution in [0.1, 0.15) is 40.8 Å². The number of rotatable bonds is 4. The summed E-state index contributed by atoms with van der Waals surface area (Å²) in [5, 5.41) is 14.5. The molecule has 2 aromatic rings. The SMILES string of the molecule is CCc1ccsc1C(=O)Nc1ccccc1C(C)O. The van der Waals surface area contributed by atoms with E-state index in [0.717, 1.165) is 22.4 Å². The number of aliphatic hydroxyl groups excluding tert-OH is 1. The minimum atomic E-state index is -0.606. The molecule has 0 aliphatic carbocycles. The molecule has 0 fully saturated rings. The monoisotopic (exact) mass is 275 g/mol. The van der Waals surface area contributed by atoms with E-state index in [2.05, 4.69) is 5.32 Å². The first-order chi connectivity index (χ1) is 9.13. The number of para-hydroxylation sites is 1. The Bertz CT molecular complexity index is 575. The smallest absolute Gasteiger partial charge is 0.266 e. The van der Waals surface area contributed by atoms with Gasteiger partial charge in [0.25, 0.3) is 5.91 Å². The molecule has 1 aromatic carbocycles. The van der Waals surface area contributed by atoms with Crippen molar-refractivity contribution in [3.63, 3.8) is 0 Å². The number of thiophene rings is 1. The van der Waals surface area contributed by atoms with Crippen molar-refractivity contribution >= 4 is 22.9 Å². The van der Waals surface area contributed by atoms with Gasteiger partial charge < -0.3 is 10.4 Å². The van der Waals surface area contributed by atoms with Gasteiger partial charge in [0.15, 0.2) is 0 Å². The van der Waals surface area contributed by atoms with Gasteiger partial charge in [0.2, 0.25) is 0 Å². The van der Waals surface area contributed by atoms with Gasteiger partial charge in [-0.3, -0.25) is 4.79 Å². The lowest BCUT2D eigenvalue weighted by Gasteiger charge is -2.12. The Morgan fingerprint density at radius 1 is 1.37 bits per heavy atom. The summed E-state index contributed by atoms with van der Waals surface area (Å²) >= 11 is 1.44. The quantitative estimate of drug-likeness (QED) is 0.895. The third-order valence-corrected chi connectivity index (χ3v) is 3.95. The molecule has 4 heteroatoms. The van der Waals surface area contributed by atoms with Gasteiger partial charge >= 0.3 is 0 Å². The van der Waals surface area contributed by atoms with Crippen LogP contribution in [0.25, 0.3) is 0 Å². The Kier molecular flexibility index (Phi) is 4.35. The third kappa shape index (κ3) is 3.03. The zero-order valence-corrected chi connectivity index (χ0v) is 11.8. The summed E-state index contributed by atoms with van der Waals surface area (Å²) in [5.74, 6) is -0.111. The predicted molar refractivity (Wildman–Crippen MR) is 78.7 cm³/mol. The Hall–Kier alpha value is -1.65. The zero-order chi connectivity index (χ0) is 13.8. The Morgan fingerprint density at radius 2 is 2.11 bits per heavy atom. The van der Waals surface area contributed by atoms with Gasteiger partial charge in [-0.2, -0.15) is 0 Å². The molecule has 2 rings (SSSR count). The molecule has 1 heterocycles. The molecule has 2 N–H and O–H groups in total. The summed E-state index contributed by atoms with van der Waals surface area (Å²) in [4.78, 5) is 13.0. The van der Waals surface area contributed by atoms with Crippen LogP contribution < -0.4 is 5.32 Å².